The first-order chi connectivity index (χ1) is 10.4. The number of aromatic nitrogens is 1. The van der Waals surface area contributed by atoms with Crippen LogP contribution >= 0.6 is 11.3 Å². The van der Waals surface area contributed by atoms with E-state index in [4.69, 9.17) is 0 Å². The summed E-state index contributed by atoms with van der Waals surface area (Å²) in [6.07, 6.45) is 11.4. The molecule has 0 unspecified atom stereocenters. The largest absolute Gasteiger partial charge is 0.230 e. The summed E-state index contributed by atoms with van der Waals surface area (Å²) in [5.74, 6) is 0. The van der Waals surface area contributed by atoms with Gasteiger partial charge in [-0.15, -0.1) is 16.5 Å². The van der Waals surface area contributed by atoms with Gasteiger partial charge in [-0.05, 0) is 12.0 Å². The second-order valence-corrected chi connectivity index (χ2v) is 5.43. The van der Waals surface area contributed by atoms with Crippen molar-refractivity contribution in [3.8, 4) is 11.3 Å². The van der Waals surface area contributed by atoms with Crippen molar-refractivity contribution in [2.45, 2.75) is 6.42 Å². The quantitative estimate of drug-likeness (QED) is 0.701. The first kappa shape index (κ1) is 13.6. The zero-order valence-electron chi connectivity index (χ0n) is 11.5. The third-order valence-corrected chi connectivity index (χ3v) is 3.75. The molecule has 0 bridgehead atoms. The number of azo groups is 1. The minimum Gasteiger partial charge on any atom is -0.217 e. The smallest absolute Gasteiger partial charge is 0.217 e. The summed E-state index contributed by atoms with van der Waals surface area (Å²) in [6, 6.07) is 10.1. The van der Waals surface area contributed by atoms with Gasteiger partial charge < -0.3 is 0 Å². The molecule has 1 aliphatic carbocycles. The van der Waals surface area contributed by atoms with Gasteiger partial charge in [-0.1, -0.05) is 60.7 Å². The highest BCUT2D eigenvalue weighted by Crippen LogP contribution is 2.26. The summed E-state index contributed by atoms with van der Waals surface area (Å²) in [5.41, 5.74) is 3.22. The molecule has 0 N–H and O–H groups in total. The molecule has 1 aliphatic rings. The van der Waals surface area contributed by atoms with Gasteiger partial charge in [0.2, 0.25) is 5.13 Å². The van der Waals surface area contributed by atoms with Crippen LogP contribution in [0.5, 0.6) is 0 Å². The van der Waals surface area contributed by atoms with E-state index in [2.05, 4.69) is 45.6 Å². The standard InChI is InChI=1S/C17H15N3S/c1-2-5-9-14(8-4-1)12-18-20-17-19-16(13-21-17)15-10-6-3-7-11-15/h1,3-11,13H,2,12H2. The van der Waals surface area contributed by atoms with Crippen LogP contribution in [-0.4, -0.2) is 11.5 Å². The Morgan fingerprint density at radius 1 is 1.14 bits per heavy atom. The van der Waals surface area contributed by atoms with Gasteiger partial charge in [-0.2, -0.15) is 5.11 Å². The Hall–Kier alpha value is -2.33. The molecule has 1 aromatic carbocycles. The van der Waals surface area contributed by atoms with E-state index in [0.717, 1.165) is 23.3 Å². The molecule has 2 aromatic rings. The van der Waals surface area contributed by atoms with Crippen molar-refractivity contribution in [1.29, 1.82) is 0 Å². The van der Waals surface area contributed by atoms with Crippen LogP contribution < -0.4 is 0 Å². The molecule has 21 heavy (non-hydrogen) atoms. The fourth-order valence-electron chi connectivity index (χ4n) is 1.96. The van der Waals surface area contributed by atoms with Gasteiger partial charge in [0.1, 0.15) is 0 Å². The van der Waals surface area contributed by atoms with Crippen LogP contribution in [0.2, 0.25) is 0 Å². The zero-order valence-corrected chi connectivity index (χ0v) is 12.3. The van der Waals surface area contributed by atoms with Crippen molar-refractivity contribution < 1.29 is 0 Å². The van der Waals surface area contributed by atoms with Crippen LogP contribution in [0.4, 0.5) is 5.13 Å². The van der Waals surface area contributed by atoms with E-state index in [1.165, 1.54) is 11.3 Å². The Morgan fingerprint density at radius 3 is 2.95 bits per heavy atom. The number of hydrogen-bond acceptors (Lipinski definition) is 4. The van der Waals surface area contributed by atoms with Crippen molar-refractivity contribution in [3.05, 3.63) is 71.7 Å². The first-order valence-corrected chi connectivity index (χ1v) is 7.70. The Kier molecular flexibility index (Phi) is 4.49. The molecule has 104 valence electrons. The van der Waals surface area contributed by atoms with Crippen LogP contribution in [0, 0.1) is 0 Å². The predicted octanol–water partition coefficient (Wildman–Crippen LogP) is 5.34. The number of nitrogens with zero attached hydrogens (tertiary/aromatic N) is 3. The number of thiazole rings is 1. The van der Waals surface area contributed by atoms with Crippen molar-refractivity contribution in [3.63, 3.8) is 0 Å². The number of rotatable bonds is 4. The SMILES string of the molecule is C1=CCC=CC(CN=Nc2nc(-c3ccccc3)cs2)=C1. The molecule has 3 rings (SSSR count). The van der Waals surface area contributed by atoms with Gasteiger partial charge in [0.05, 0.1) is 12.2 Å². The highest BCUT2D eigenvalue weighted by atomic mass is 32.1. The first-order valence-electron chi connectivity index (χ1n) is 6.82. The molecule has 4 heteroatoms. The summed E-state index contributed by atoms with van der Waals surface area (Å²) >= 11 is 1.51. The average molecular weight is 293 g/mol. The summed E-state index contributed by atoms with van der Waals surface area (Å²) in [6.45, 7) is 0.584. The van der Waals surface area contributed by atoms with Crippen LogP contribution in [0.15, 0.2) is 81.9 Å². The van der Waals surface area contributed by atoms with E-state index < -0.39 is 0 Å². The Morgan fingerprint density at radius 2 is 2.05 bits per heavy atom. The second-order valence-electron chi connectivity index (χ2n) is 4.59. The number of allylic oxidation sites excluding steroid dienone is 4. The van der Waals surface area contributed by atoms with Crippen molar-refractivity contribution in [1.82, 2.24) is 4.98 Å². The fraction of sp³-hybridized carbons (Fsp3) is 0.118. The zero-order chi connectivity index (χ0) is 14.3. The molecular weight excluding hydrogens is 278 g/mol. The van der Waals surface area contributed by atoms with Crippen molar-refractivity contribution >= 4 is 16.5 Å². The van der Waals surface area contributed by atoms with Gasteiger partial charge in [-0.3, -0.25) is 0 Å². The lowest BCUT2D eigenvalue weighted by Gasteiger charge is -1.93. The molecule has 0 aliphatic heterocycles. The Balaban J connectivity index is 1.66. The summed E-state index contributed by atoms with van der Waals surface area (Å²) in [7, 11) is 0. The molecule has 0 amide bonds. The third-order valence-electron chi connectivity index (χ3n) is 3.02. The van der Waals surface area contributed by atoms with Crippen molar-refractivity contribution in [2.75, 3.05) is 6.54 Å². The molecule has 1 heterocycles. The topological polar surface area (TPSA) is 37.6 Å². The van der Waals surface area contributed by atoms with Crippen LogP contribution in [-0.2, 0) is 0 Å². The summed E-state index contributed by atoms with van der Waals surface area (Å²) in [4.78, 5) is 4.49. The van der Waals surface area contributed by atoms with E-state index in [0.29, 0.717) is 11.7 Å². The van der Waals surface area contributed by atoms with Crippen molar-refractivity contribution in [2.24, 2.45) is 10.2 Å². The monoisotopic (exact) mass is 293 g/mol. The lowest BCUT2D eigenvalue weighted by Crippen LogP contribution is -1.82. The number of hydrogen-bond donors (Lipinski definition) is 0. The molecule has 0 fully saturated rings. The minimum absolute atomic E-state index is 0.584. The summed E-state index contributed by atoms with van der Waals surface area (Å²) < 4.78 is 0. The van der Waals surface area contributed by atoms with E-state index >= 15 is 0 Å². The Labute approximate surface area is 128 Å². The van der Waals surface area contributed by atoms with Gasteiger partial charge in [-0.25, -0.2) is 4.98 Å². The Bertz CT molecular complexity index is 709. The van der Waals surface area contributed by atoms with E-state index in [9.17, 15) is 0 Å². The van der Waals surface area contributed by atoms with E-state index in [-0.39, 0.29) is 0 Å². The van der Waals surface area contributed by atoms with Gasteiger partial charge in [0, 0.05) is 10.9 Å². The maximum absolute atomic E-state index is 4.49. The maximum Gasteiger partial charge on any atom is 0.230 e. The molecule has 0 radical (unpaired) electrons. The molecule has 1 aromatic heterocycles. The predicted molar refractivity (Wildman–Crippen MR) is 87.9 cm³/mol. The highest BCUT2D eigenvalue weighted by molar-refractivity contribution is 7.13. The van der Waals surface area contributed by atoms with Gasteiger partial charge in [0.25, 0.3) is 0 Å². The molecular formula is C17H15N3S. The van der Waals surface area contributed by atoms with E-state index in [1.807, 2.05) is 35.7 Å². The maximum atomic E-state index is 4.49. The molecule has 3 nitrogen and oxygen atoms in total. The highest BCUT2D eigenvalue weighted by Gasteiger charge is 2.02. The van der Waals surface area contributed by atoms with Crippen LogP contribution in [0.25, 0.3) is 11.3 Å². The average Bonchev–Trinajstić information content (AvgIpc) is 2.84. The van der Waals surface area contributed by atoms with E-state index in [1.54, 1.807) is 0 Å². The molecule has 0 atom stereocenters. The lowest BCUT2D eigenvalue weighted by atomic mass is 10.2. The normalized spacial score (nSPS) is 14.4. The lowest BCUT2D eigenvalue weighted by molar-refractivity contribution is 1.03. The van der Waals surface area contributed by atoms with Gasteiger partial charge in [0.15, 0.2) is 0 Å². The molecule has 0 saturated heterocycles. The van der Waals surface area contributed by atoms with Gasteiger partial charge >= 0.3 is 0 Å². The second kappa shape index (κ2) is 6.90. The van der Waals surface area contributed by atoms with Crippen LogP contribution in [0.3, 0.4) is 0 Å². The fourth-order valence-corrected chi connectivity index (χ4v) is 2.62. The number of benzene rings is 1. The third kappa shape index (κ3) is 3.83. The minimum atomic E-state index is 0.584. The summed E-state index contributed by atoms with van der Waals surface area (Å²) in [5, 5.41) is 11.2. The van der Waals surface area contributed by atoms with Crippen LogP contribution in [0.1, 0.15) is 6.42 Å². The molecule has 0 saturated carbocycles. The molecule has 0 spiro atoms.